The fourth-order valence-corrected chi connectivity index (χ4v) is 2.87. The van der Waals surface area contributed by atoms with Crippen LogP contribution in [-0.4, -0.2) is 35.0 Å². The zero-order valence-electron chi connectivity index (χ0n) is 11.7. The molecular formula is C14H15ClN4O3. The lowest BCUT2D eigenvalue weighted by Crippen LogP contribution is -2.32. The molecule has 2 unspecified atom stereocenters. The number of amides is 1. The number of azide groups is 1. The standard InChI is InChI=1S/C14H15ClN4O3/c15-11-3-1-2-10(5-11)12(6-14(21)22)19-8-9(4-13(19)20)7-17-18-16/h1-3,5,9,12H,4,6-8H2,(H,21,22). The number of likely N-dealkylation sites (tertiary alicyclic amines) is 1. The first-order valence-corrected chi connectivity index (χ1v) is 7.16. The zero-order valence-corrected chi connectivity index (χ0v) is 12.5. The first kappa shape index (κ1) is 16.1. The molecule has 7 nitrogen and oxygen atoms in total. The van der Waals surface area contributed by atoms with Gasteiger partial charge in [-0.05, 0) is 29.1 Å². The van der Waals surface area contributed by atoms with Crippen molar-refractivity contribution in [1.29, 1.82) is 0 Å². The predicted octanol–water partition coefficient (Wildman–Crippen LogP) is 3.01. The van der Waals surface area contributed by atoms with Crippen LogP contribution in [0, 0.1) is 5.92 Å². The van der Waals surface area contributed by atoms with E-state index in [2.05, 4.69) is 10.0 Å². The first-order valence-electron chi connectivity index (χ1n) is 6.79. The number of nitrogens with zero attached hydrogens (tertiary/aromatic N) is 4. The molecular weight excluding hydrogens is 308 g/mol. The van der Waals surface area contributed by atoms with Gasteiger partial charge in [-0.3, -0.25) is 9.59 Å². The minimum Gasteiger partial charge on any atom is -0.481 e. The van der Waals surface area contributed by atoms with Gasteiger partial charge in [-0.15, -0.1) is 0 Å². The largest absolute Gasteiger partial charge is 0.481 e. The summed E-state index contributed by atoms with van der Waals surface area (Å²) >= 11 is 5.96. The van der Waals surface area contributed by atoms with Crippen LogP contribution in [0.3, 0.4) is 0 Å². The summed E-state index contributed by atoms with van der Waals surface area (Å²) in [7, 11) is 0. The van der Waals surface area contributed by atoms with Crippen LogP contribution in [0.4, 0.5) is 0 Å². The third kappa shape index (κ3) is 3.90. The average molecular weight is 323 g/mol. The molecule has 1 fully saturated rings. The summed E-state index contributed by atoms with van der Waals surface area (Å²) in [5.74, 6) is -1.21. The number of benzene rings is 1. The predicted molar refractivity (Wildman–Crippen MR) is 80.3 cm³/mol. The minimum absolute atomic E-state index is 0.0844. The second-order valence-electron chi connectivity index (χ2n) is 5.20. The van der Waals surface area contributed by atoms with Crippen molar-refractivity contribution in [3.05, 3.63) is 45.3 Å². The number of carbonyl (C=O) groups is 2. The van der Waals surface area contributed by atoms with E-state index in [1.54, 1.807) is 24.3 Å². The van der Waals surface area contributed by atoms with E-state index in [-0.39, 0.29) is 31.2 Å². The molecule has 0 bridgehead atoms. The maximum absolute atomic E-state index is 12.2. The van der Waals surface area contributed by atoms with E-state index < -0.39 is 12.0 Å². The lowest BCUT2D eigenvalue weighted by molar-refractivity contribution is -0.139. The maximum atomic E-state index is 12.2. The third-order valence-electron chi connectivity index (χ3n) is 3.62. The van der Waals surface area contributed by atoms with Crippen molar-refractivity contribution in [1.82, 2.24) is 4.90 Å². The summed E-state index contributed by atoms with van der Waals surface area (Å²) in [6.07, 6.45) is 0.0655. The molecule has 1 aliphatic heterocycles. The van der Waals surface area contributed by atoms with Crippen molar-refractivity contribution in [3.63, 3.8) is 0 Å². The van der Waals surface area contributed by atoms with Crippen LogP contribution in [0.25, 0.3) is 10.4 Å². The molecule has 0 spiro atoms. The van der Waals surface area contributed by atoms with E-state index in [9.17, 15) is 9.59 Å². The second kappa shape index (κ2) is 7.15. The van der Waals surface area contributed by atoms with Crippen molar-refractivity contribution in [2.45, 2.75) is 18.9 Å². The molecule has 116 valence electrons. The number of hydrogen-bond acceptors (Lipinski definition) is 3. The Morgan fingerprint density at radius 1 is 1.59 bits per heavy atom. The molecule has 1 N–H and O–H groups in total. The summed E-state index contributed by atoms with van der Waals surface area (Å²) in [5, 5.41) is 13.1. The number of halogens is 1. The maximum Gasteiger partial charge on any atom is 0.305 e. The van der Waals surface area contributed by atoms with Gasteiger partial charge < -0.3 is 10.0 Å². The highest BCUT2D eigenvalue weighted by molar-refractivity contribution is 6.30. The molecule has 1 saturated heterocycles. The van der Waals surface area contributed by atoms with Crippen molar-refractivity contribution >= 4 is 23.5 Å². The molecule has 1 aliphatic rings. The minimum atomic E-state index is -0.990. The Hall–Kier alpha value is -2.24. The molecule has 22 heavy (non-hydrogen) atoms. The Morgan fingerprint density at radius 3 is 3.00 bits per heavy atom. The first-order chi connectivity index (χ1) is 10.5. The molecule has 2 atom stereocenters. The van der Waals surface area contributed by atoms with E-state index in [0.29, 0.717) is 17.1 Å². The van der Waals surface area contributed by atoms with Gasteiger partial charge >= 0.3 is 5.97 Å². The van der Waals surface area contributed by atoms with Gasteiger partial charge in [0.15, 0.2) is 0 Å². The summed E-state index contributed by atoms with van der Waals surface area (Å²) in [6.45, 7) is 0.608. The lowest BCUT2D eigenvalue weighted by atomic mass is 10.0. The van der Waals surface area contributed by atoms with Gasteiger partial charge in [0.05, 0.1) is 12.5 Å². The third-order valence-corrected chi connectivity index (χ3v) is 3.85. The van der Waals surface area contributed by atoms with E-state index in [4.69, 9.17) is 22.2 Å². The molecule has 1 aromatic rings. The van der Waals surface area contributed by atoms with Crippen LogP contribution >= 0.6 is 11.6 Å². The van der Waals surface area contributed by atoms with E-state index in [1.807, 2.05) is 0 Å². The molecule has 0 aliphatic carbocycles. The highest BCUT2D eigenvalue weighted by Gasteiger charge is 2.35. The van der Waals surface area contributed by atoms with Crippen LogP contribution in [0.5, 0.6) is 0 Å². The lowest BCUT2D eigenvalue weighted by Gasteiger charge is -2.27. The van der Waals surface area contributed by atoms with Gasteiger partial charge in [0.1, 0.15) is 0 Å². The van der Waals surface area contributed by atoms with Gasteiger partial charge in [0, 0.05) is 29.4 Å². The van der Waals surface area contributed by atoms with Gasteiger partial charge in [0.25, 0.3) is 0 Å². The van der Waals surface area contributed by atoms with Gasteiger partial charge in [-0.25, -0.2) is 0 Å². The van der Waals surface area contributed by atoms with Crippen molar-refractivity contribution < 1.29 is 14.7 Å². The highest BCUT2D eigenvalue weighted by Crippen LogP contribution is 2.32. The second-order valence-corrected chi connectivity index (χ2v) is 5.63. The van der Waals surface area contributed by atoms with Crippen LogP contribution in [-0.2, 0) is 9.59 Å². The van der Waals surface area contributed by atoms with Crippen LogP contribution in [0.1, 0.15) is 24.4 Å². The number of carboxylic acid groups (broad SMARTS) is 1. The van der Waals surface area contributed by atoms with Gasteiger partial charge in [-0.2, -0.15) is 0 Å². The Bertz CT molecular complexity index is 630. The Labute approximate surface area is 132 Å². The Morgan fingerprint density at radius 2 is 2.36 bits per heavy atom. The fraction of sp³-hybridized carbons (Fsp3) is 0.429. The normalized spacial score (nSPS) is 18.9. The smallest absolute Gasteiger partial charge is 0.305 e. The van der Waals surface area contributed by atoms with Gasteiger partial charge in [-0.1, -0.05) is 28.8 Å². The van der Waals surface area contributed by atoms with Gasteiger partial charge in [0.2, 0.25) is 5.91 Å². The molecule has 8 heteroatoms. The number of carbonyl (C=O) groups excluding carboxylic acids is 1. The SMILES string of the molecule is [N-]=[N+]=NCC1CC(=O)N(C(CC(=O)O)c2cccc(Cl)c2)C1. The number of rotatable bonds is 6. The number of aliphatic carboxylic acids is 1. The fourth-order valence-electron chi connectivity index (χ4n) is 2.67. The Kier molecular flexibility index (Phi) is 5.25. The monoisotopic (exact) mass is 322 g/mol. The molecule has 0 radical (unpaired) electrons. The molecule has 2 rings (SSSR count). The van der Waals surface area contributed by atoms with E-state index >= 15 is 0 Å². The van der Waals surface area contributed by atoms with Crippen LogP contribution in [0.15, 0.2) is 29.4 Å². The van der Waals surface area contributed by atoms with Crippen LogP contribution < -0.4 is 0 Å². The average Bonchev–Trinajstić information content (AvgIpc) is 2.83. The molecule has 1 amide bonds. The molecule has 1 heterocycles. The molecule has 0 aromatic heterocycles. The van der Waals surface area contributed by atoms with E-state index in [0.717, 1.165) is 0 Å². The summed E-state index contributed by atoms with van der Waals surface area (Å²) < 4.78 is 0. The summed E-state index contributed by atoms with van der Waals surface area (Å²) in [6, 6.07) is 6.28. The molecule has 0 saturated carbocycles. The zero-order chi connectivity index (χ0) is 16.1. The quantitative estimate of drug-likeness (QED) is 0.494. The van der Waals surface area contributed by atoms with Crippen molar-refractivity contribution in [2.24, 2.45) is 11.0 Å². The van der Waals surface area contributed by atoms with E-state index in [1.165, 1.54) is 4.90 Å². The number of hydrogen-bond donors (Lipinski definition) is 1. The van der Waals surface area contributed by atoms with Crippen LogP contribution in [0.2, 0.25) is 5.02 Å². The van der Waals surface area contributed by atoms with Crippen molar-refractivity contribution in [2.75, 3.05) is 13.1 Å². The Balaban J connectivity index is 2.24. The molecule has 1 aromatic carbocycles. The number of carboxylic acids is 1. The van der Waals surface area contributed by atoms with Crippen molar-refractivity contribution in [3.8, 4) is 0 Å². The summed E-state index contributed by atoms with van der Waals surface area (Å²) in [4.78, 5) is 27.6. The highest BCUT2D eigenvalue weighted by atomic mass is 35.5. The summed E-state index contributed by atoms with van der Waals surface area (Å²) in [5.41, 5.74) is 9.05. The topological polar surface area (TPSA) is 106 Å².